The summed E-state index contributed by atoms with van der Waals surface area (Å²) in [4.78, 5) is 60.5. The molecule has 0 unspecified atom stereocenters. The number of nitrogens with one attached hydrogen (secondary N) is 3. The molecule has 21 nitrogen and oxygen atoms in total. The van der Waals surface area contributed by atoms with Gasteiger partial charge in [0.05, 0.1) is 46.5 Å². The number of rotatable bonds is 20. The molecular weight excluding hydrogens is 781 g/mol. The Balaban J connectivity index is 1.05. The molecule has 0 saturated carbocycles. The molecule has 3 N–H and O–H groups in total. The third-order valence-corrected chi connectivity index (χ3v) is 9.83. The summed E-state index contributed by atoms with van der Waals surface area (Å²) in [7, 11) is -4.50. The SMILES string of the molecule is CC(C)(C)OC(=O)CCCCNC(=O)c1ccc(=O)n(S(=O)(=O)c2cccc(C(=O)NCCc3cn(CCOCCNc4ccc([N+](=O)[O-])c5nonc45)nn3)c2)c1. The zero-order chi connectivity index (χ0) is 41.9. The van der Waals surface area contributed by atoms with Crippen LogP contribution in [0.15, 0.2) is 75.2 Å². The average molecular weight is 823 g/mol. The number of carbonyl (C=O) groups excluding carboxylic acids is 3. The number of hydrogen-bond acceptors (Lipinski definition) is 16. The quantitative estimate of drug-likeness (QED) is 0.0440. The van der Waals surface area contributed by atoms with Crippen LogP contribution in [0.1, 0.15) is 66.4 Å². The highest BCUT2D eigenvalue weighted by atomic mass is 32.2. The van der Waals surface area contributed by atoms with Gasteiger partial charge in [-0.25, -0.2) is 21.7 Å². The zero-order valence-electron chi connectivity index (χ0n) is 31.9. The second-order valence-electron chi connectivity index (χ2n) is 13.8. The molecule has 0 aliphatic heterocycles. The summed E-state index contributed by atoms with van der Waals surface area (Å²) >= 11 is 0. The summed E-state index contributed by atoms with van der Waals surface area (Å²) in [5, 5.41) is 35.1. The Morgan fingerprint density at radius 3 is 2.45 bits per heavy atom. The molecular formula is C36H42N10O11S. The van der Waals surface area contributed by atoms with Crippen molar-refractivity contribution in [3.8, 4) is 0 Å². The molecule has 3 aromatic heterocycles. The number of ether oxygens (including phenoxy) is 2. The Morgan fingerprint density at radius 2 is 1.67 bits per heavy atom. The number of nitro groups is 1. The van der Waals surface area contributed by atoms with Gasteiger partial charge in [0, 0.05) is 62.6 Å². The topological polar surface area (TPSA) is 275 Å². The van der Waals surface area contributed by atoms with Gasteiger partial charge in [-0.1, -0.05) is 11.3 Å². The molecule has 308 valence electrons. The number of anilines is 1. The van der Waals surface area contributed by atoms with Gasteiger partial charge >= 0.3 is 11.7 Å². The summed E-state index contributed by atoms with van der Waals surface area (Å²) in [5.41, 5.74) is -0.358. The van der Waals surface area contributed by atoms with Gasteiger partial charge in [0.25, 0.3) is 27.4 Å². The predicted octanol–water partition coefficient (Wildman–Crippen LogP) is 2.46. The molecule has 5 aromatic rings. The van der Waals surface area contributed by atoms with Gasteiger partial charge in [0.15, 0.2) is 5.52 Å². The summed E-state index contributed by atoms with van der Waals surface area (Å²) in [6, 6.07) is 10.2. The van der Waals surface area contributed by atoms with Crippen molar-refractivity contribution in [2.24, 2.45) is 0 Å². The van der Waals surface area contributed by atoms with Gasteiger partial charge in [0.1, 0.15) is 5.60 Å². The van der Waals surface area contributed by atoms with E-state index in [0.717, 1.165) is 18.3 Å². The van der Waals surface area contributed by atoms with Gasteiger partial charge in [-0.15, -0.1) is 5.10 Å². The molecule has 3 heterocycles. The lowest BCUT2D eigenvalue weighted by atomic mass is 10.2. The van der Waals surface area contributed by atoms with Crippen LogP contribution in [0.3, 0.4) is 0 Å². The van der Waals surface area contributed by atoms with Crippen LogP contribution in [-0.4, -0.2) is 98.9 Å². The first-order chi connectivity index (χ1) is 27.6. The van der Waals surface area contributed by atoms with E-state index in [0.29, 0.717) is 60.9 Å². The van der Waals surface area contributed by atoms with Gasteiger partial charge in [-0.3, -0.25) is 29.3 Å². The van der Waals surface area contributed by atoms with E-state index >= 15 is 0 Å². The van der Waals surface area contributed by atoms with Crippen LogP contribution in [0, 0.1) is 10.1 Å². The van der Waals surface area contributed by atoms with Crippen molar-refractivity contribution in [1.29, 1.82) is 0 Å². The van der Waals surface area contributed by atoms with Crippen molar-refractivity contribution in [2.45, 2.75) is 63.5 Å². The maximum Gasteiger partial charge on any atom is 0.306 e. The monoisotopic (exact) mass is 822 g/mol. The van der Waals surface area contributed by atoms with Crippen molar-refractivity contribution >= 4 is 50.2 Å². The van der Waals surface area contributed by atoms with Crippen LogP contribution < -0.4 is 21.5 Å². The maximum absolute atomic E-state index is 13.5. The molecule has 0 radical (unpaired) electrons. The van der Waals surface area contributed by atoms with E-state index in [2.05, 4.69) is 41.2 Å². The van der Waals surface area contributed by atoms with Crippen molar-refractivity contribution in [3.05, 3.63) is 98.2 Å². The van der Waals surface area contributed by atoms with Gasteiger partial charge in [-0.2, -0.15) is 0 Å². The van der Waals surface area contributed by atoms with Crippen molar-refractivity contribution in [2.75, 3.05) is 38.2 Å². The number of fused-ring (bicyclic) bond motifs is 1. The molecule has 0 spiro atoms. The van der Waals surface area contributed by atoms with E-state index < -0.39 is 37.9 Å². The number of non-ortho nitro benzene ring substituents is 1. The molecule has 0 atom stereocenters. The number of unbranched alkanes of at least 4 members (excludes halogenated alkanes) is 1. The third kappa shape index (κ3) is 11.5. The van der Waals surface area contributed by atoms with Crippen LogP contribution >= 0.6 is 0 Å². The Morgan fingerprint density at radius 1 is 0.914 bits per heavy atom. The lowest BCUT2D eigenvalue weighted by molar-refractivity contribution is -0.383. The number of amides is 2. The minimum absolute atomic E-state index is 0.0281. The highest BCUT2D eigenvalue weighted by Gasteiger charge is 2.23. The number of nitrogens with zero attached hydrogens (tertiary/aromatic N) is 7. The molecule has 0 fully saturated rings. The first-order valence-corrected chi connectivity index (χ1v) is 19.5. The minimum Gasteiger partial charge on any atom is -0.460 e. The Labute approximate surface area is 331 Å². The van der Waals surface area contributed by atoms with E-state index in [1.54, 1.807) is 31.6 Å². The normalized spacial score (nSPS) is 11.6. The van der Waals surface area contributed by atoms with E-state index in [-0.39, 0.29) is 58.2 Å². The fourth-order valence-electron chi connectivity index (χ4n) is 5.42. The van der Waals surface area contributed by atoms with Crippen molar-refractivity contribution < 1.29 is 41.8 Å². The molecule has 0 saturated heterocycles. The second kappa shape index (κ2) is 19.1. The van der Waals surface area contributed by atoms with E-state index in [1.165, 1.54) is 36.4 Å². The smallest absolute Gasteiger partial charge is 0.306 e. The average Bonchev–Trinajstić information content (AvgIpc) is 3.86. The second-order valence-corrected chi connectivity index (χ2v) is 15.6. The molecule has 0 bridgehead atoms. The number of esters is 1. The minimum atomic E-state index is -4.50. The third-order valence-electron chi connectivity index (χ3n) is 8.18. The van der Waals surface area contributed by atoms with Crippen LogP contribution in [-0.2, 0) is 37.3 Å². The number of carbonyl (C=O) groups is 3. The summed E-state index contributed by atoms with van der Waals surface area (Å²) in [6.45, 7) is 7.07. The van der Waals surface area contributed by atoms with E-state index in [4.69, 9.17) is 9.47 Å². The summed E-state index contributed by atoms with van der Waals surface area (Å²) in [5.74, 6) is -1.52. The molecule has 58 heavy (non-hydrogen) atoms. The van der Waals surface area contributed by atoms with Crippen LogP contribution in [0.2, 0.25) is 0 Å². The molecule has 2 amide bonds. The van der Waals surface area contributed by atoms with Gasteiger partial charge in [-0.05, 0) is 74.3 Å². The fraction of sp³-hybridized carbons (Fsp3) is 0.389. The lowest BCUT2D eigenvalue weighted by Crippen LogP contribution is -2.31. The molecule has 0 aliphatic rings. The van der Waals surface area contributed by atoms with Crippen LogP contribution in [0.25, 0.3) is 11.0 Å². The van der Waals surface area contributed by atoms with Gasteiger partial charge in [0.2, 0.25) is 5.52 Å². The summed E-state index contributed by atoms with van der Waals surface area (Å²) in [6.07, 6.45) is 4.07. The number of aromatic nitrogens is 6. The number of pyridine rings is 1. The van der Waals surface area contributed by atoms with Crippen molar-refractivity contribution in [1.82, 2.24) is 39.9 Å². The highest BCUT2D eigenvalue weighted by molar-refractivity contribution is 7.90. The maximum atomic E-state index is 13.5. The fourth-order valence-corrected chi connectivity index (χ4v) is 6.73. The lowest BCUT2D eigenvalue weighted by Gasteiger charge is -2.19. The van der Waals surface area contributed by atoms with E-state index in [9.17, 15) is 37.7 Å². The number of nitro benzene ring substituents is 1. The Hall–Kier alpha value is -6.55. The molecule has 0 aliphatic carbocycles. The zero-order valence-corrected chi connectivity index (χ0v) is 32.7. The highest BCUT2D eigenvalue weighted by Crippen LogP contribution is 2.28. The predicted molar refractivity (Wildman–Crippen MR) is 206 cm³/mol. The van der Waals surface area contributed by atoms with Crippen LogP contribution in [0.4, 0.5) is 11.4 Å². The Kier molecular flexibility index (Phi) is 14.0. The first kappa shape index (κ1) is 42.6. The largest absolute Gasteiger partial charge is 0.460 e. The molecule has 2 aromatic carbocycles. The molecule has 22 heteroatoms. The standard InChI is InChI=1S/C36H42N10O11S/c1-36(2,3)56-31(48)9-4-5-15-38-35(50)25-10-13-30(47)45(22-25)58(53,54)27-8-6-7-24(21-27)34(49)39-16-14-26-23-44(43-40-26)18-20-55-19-17-37-28-11-12-29(46(51)52)33-32(28)41-57-42-33/h6-8,10-13,21-23,37H,4-5,9,14-20H2,1-3H3,(H,38,50)(H,39,49). The van der Waals surface area contributed by atoms with Crippen molar-refractivity contribution in [3.63, 3.8) is 0 Å². The van der Waals surface area contributed by atoms with E-state index in [1.807, 2.05) is 0 Å². The summed E-state index contributed by atoms with van der Waals surface area (Å²) < 4.78 is 44.6. The van der Waals surface area contributed by atoms with Gasteiger partial charge < -0.3 is 25.4 Å². The van der Waals surface area contributed by atoms with Crippen LogP contribution in [0.5, 0.6) is 0 Å². The first-order valence-electron chi connectivity index (χ1n) is 18.1. The number of hydrogen-bond donors (Lipinski definition) is 3. The molecule has 5 rings (SSSR count). The number of benzene rings is 2. The Bertz CT molecular complexity index is 2440.